The minimum absolute atomic E-state index is 0.137. The SMILES string of the molecule is CCC1CC(=O)N(CC#N)C1. The molecule has 1 heterocycles. The number of amides is 1. The van der Waals surface area contributed by atoms with E-state index < -0.39 is 0 Å². The van der Waals surface area contributed by atoms with Crippen LogP contribution in [0.25, 0.3) is 0 Å². The molecule has 0 aromatic carbocycles. The van der Waals surface area contributed by atoms with Crippen LogP contribution >= 0.6 is 0 Å². The Hall–Kier alpha value is -1.04. The molecule has 0 N–H and O–H groups in total. The van der Waals surface area contributed by atoms with Crippen molar-refractivity contribution >= 4 is 5.91 Å². The van der Waals surface area contributed by atoms with Crippen molar-refractivity contribution in [3.63, 3.8) is 0 Å². The van der Waals surface area contributed by atoms with Crippen LogP contribution in [-0.4, -0.2) is 23.9 Å². The Morgan fingerprint density at radius 3 is 3.00 bits per heavy atom. The van der Waals surface area contributed by atoms with Gasteiger partial charge in [-0.05, 0) is 5.92 Å². The first-order valence-corrected chi connectivity index (χ1v) is 3.92. The molecule has 1 fully saturated rings. The maximum absolute atomic E-state index is 11.1. The lowest BCUT2D eigenvalue weighted by Crippen LogP contribution is -2.25. The molecule has 3 heteroatoms. The monoisotopic (exact) mass is 152 g/mol. The molecule has 0 radical (unpaired) electrons. The van der Waals surface area contributed by atoms with Gasteiger partial charge in [-0.1, -0.05) is 13.3 Å². The molecule has 1 amide bonds. The zero-order chi connectivity index (χ0) is 8.27. The first-order valence-electron chi connectivity index (χ1n) is 3.92. The molecule has 0 aromatic heterocycles. The molecular weight excluding hydrogens is 140 g/mol. The highest BCUT2D eigenvalue weighted by molar-refractivity contribution is 5.78. The average Bonchev–Trinajstić information content (AvgIpc) is 2.33. The predicted octanol–water partition coefficient (Wildman–Crippen LogP) is 0.768. The van der Waals surface area contributed by atoms with Gasteiger partial charge in [-0.15, -0.1) is 0 Å². The van der Waals surface area contributed by atoms with Crippen LogP contribution in [0.1, 0.15) is 19.8 Å². The third-order valence-corrected chi connectivity index (χ3v) is 2.13. The fraction of sp³-hybridized carbons (Fsp3) is 0.750. The van der Waals surface area contributed by atoms with Crippen LogP contribution in [0.5, 0.6) is 0 Å². The van der Waals surface area contributed by atoms with E-state index in [0.717, 1.165) is 13.0 Å². The number of likely N-dealkylation sites (tertiary alicyclic amines) is 1. The zero-order valence-corrected chi connectivity index (χ0v) is 6.71. The van der Waals surface area contributed by atoms with Gasteiger partial charge >= 0.3 is 0 Å². The molecule has 3 nitrogen and oxygen atoms in total. The summed E-state index contributed by atoms with van der Waals surface area (Å²) >= 11 is 0. The molecule has 0 saturated carbocycles. The zero-order valence-electron chi connectivity index (χ0n) is 6.71. The number of hydrogen-bond donors (Lipinski definition) is 0. The van der Waals surface area contributed by atoms with E-state index in [1.165, 1.54) is 0 Å². The van der Waals surface area contributed by atoms with Gasteiger partial charge in [0.1, 0.15) is 6.54 Å². The van der Waals surface area contributed by atoms with E-state index in [2.05, 4.69) is 6.92 Å². The van der Waals surface area contributed by atoms with Crippen molar-refractivity contribution in [3.8, 4) is 6.07 Å². The van der Waals surface area contributed by atoms with Gasteiger partial charge in [0.05, 0.1) is 6.07 Å². The summed E-state index contributed by atoms with van der Waals surface area (Å²) < 4.78 is 0. The molecule has 1 rings (SSSR count). The van der Waals surface area contributed by atoms with Gasteiger partial charge in [0.25, 0.3) is 0 Å². The van der Waals surface area contributed by atoms with Crippen LogP contribution in [0.4, 0.5) is 0 Å². The Kier molecular flexibility index (Phi) is 2.48. The summed E-state index contributed by atoms with van der Waals surface area (Å²) in [6, 6.07) is 1.99. The quantitative estimate of drug-likeness (QED) is 0.548. The second-order valence-corrected chi connectivity index (χ2v) is 2.91. The molecule has 0 spiro atoms. The van der Waals surface area contributed by atoms with Crippen molar-refractivity contribution < 1.29 is 4.79 Å². The van der Waals surface area contributed by atoms with E-state index >= 15 is 0 Å². The third kappa shape index (κ3) is 1.70. The van der Waals surface area contributed by atoms with Gasteiger partial charge in [-0.2, -0.15) is 5.26 Å². The summed E-state index contributed by atoms with van der Waals surface area (Å²) in [7, 11) is 0. The Morgan fingerprint density at radius 1 is 1.82 bits per heavy atom. The smallest absolute Gasteiger partial charge is 0.223 e. The summed E-state index contributed by atoms with van der Waals surface area (Å²) in [5.74, 6) is 0.620. The standard InChI is InChI=1S/C8H12N2O/c1-2-7-5-8(11)10(6-7)4-3-9/h7H,2,4-6H2,1H3. The molecule has 0 aromatic rings. The summed E-state index contributed by atoms with van der Waals surface area (Å²) in [6.07, 6.45) is 1.67. The second kappa shape index (κ2) is 3.38. The average molecular weight is 152 g/mol. The van der Waals surface area contributed by atoms with E-state index in [1.807, 2.05) is 6.07 Å². The molecule has 1 atom stereocenters. The largest absolute Gasteiger partial charge is 0.329 e. The van der Waals surface area contributed by atoms with Crippen molar-refractivity contribution in [2.75, 3.05) is 13.1 Å². The lowest BCUT2D eigenvalue weighted by atomic mass is 10.1. The first-order chi connectivity index (χ1) is 5.27. The normalized spacial score (nSPS) is 23.8. The van der Waals surface area contributed by atoms with Crippen molar-refractivity contribution in [2.24, 2.45) is 5.92 Å². The highest BCUT2D eigenvalue weighted by Gasteiger charge is 2.27. The highest BCUT2D eigenvalue weighted by Crippen LogP contribution is 2.19. The van der Waals surface area contributed by atoms with Gasteiger partial charge in [-0.3, -0.25) is 4.79 Å². The van der Waals surface area contributed by atoms with Crippen LogP contribution in [0.15, 0.2) is 0 Å². The number of carbonyl (C=O) groups excluding carboxylic acids is 1. The maximum atomic E-state index is 11.1. The van der Waals surface area contributed by atoms with Gasteiger partial charge in [-0.25, -0.2) is 0 Å². The van der Waals surface area contributed by atoms with E-state index in [1.54, 1.807) is 4.90 Å². The minimum Gasteiger partial charge on any atom is -0.329 e. The number of carbonyl (C=O) groups is 1. The Bertz CT molecular complexity index is 195. The number of nitriles is 1. The van der Waals surface area contributed by atoms with Crippen LogP contribution < -0.4 is 0 Å². The van der Waals surface area contributed by atoms with Gasteiger partial charge < -0.3 is 4.90 Å². The summed E-state index contributed by atoms with van der Waals surface area (Å²) in [5, 5.41) is 8.36. The van der Waals surface area contributed by atoms with Crippen molar-refractivity contribution in [3.05, 3.63) is 0 Å². The lowest BCUT2D eigenvalue weighted by molar-refractivity contribution is -0.127. The number of rotatable bonds is 2. The van der Waals surface area contributed by atoms with Gasteiger partial charge in [0.15, 0.2) is 0 Å². The molecule has 60 valence electrons. The fourth-order valence-corrected chi connectivity index (χ4v) is 1.37. The molecule has 1 unspecified atom stereocenters. The minimum atomic E-state index is 0.137. The first kappa shape index (κ1) is 8.06. The topological polar surface area (TPSA) is 44.1 Å². The highest BCUT2D eigenvalue weighted by atomic mass is 16.2. The molecular formula is C8H12N2O. The van der Waals surface area contributed by atoms with Crippen LogP contribution in [0.3, 0.4) is 0 Å². The van der Waals surface area contributed by atoms with E-state index in [-0.39, 0.29) is 12.5 Å². The Labute approximate surface area is 66.6 Å². The molecule has 11 heavy (non-hydrogen) atoms. The molecule has 1 aliphatic heterocycles. The fourth-order valence-electron chi connectivity index (χ4n) is 1.37. The Morgan fingerprint density at radius 2 is 2.55 bits per heavy atom. The maximum Gasteiger partial charge on any atom is 0.223 e. The molecule has 0 aliphatic carbocycles. The number of hydrogen-bond acceptors (Lipinski definition) is 2. The second-order valence-electron chi connectivity index (χ2n) is 2.91. The van der Waals surface area contributed by atoms with E-state index in [0.29, 0.717) is 12.3 Å². The summed E-state index contributed by atoms with van der Waals surface area (Å²) in [6.45, 7) is 3.12. The molecule has 1 aliphatic rings. The van der Waals surface area contributed by atoms with Crippen LogP contribution in [-0.2, 0) is 4.79 Å². The molecule has 0 bridgehead atoms. The lowest BCUT2D eigenvalue weighted by Gasteiger charge is -2.10. The Balaban J connectivity index is 2.46. The van der Waals surface area contributed by atoms with E-state index in [4.69, 9.17) is 5.26 Å². The molecule has 1 saturated heterocycles. The van der Waals surface area contributed by atoms with Gasteiger partial charge in [0, 0.05) is 13.0 Å². The van der Waals surface area contributed by atoms with Crippen molar-refractivity contribution in [1.29, 1.82) is 5.26 Å². The third-order valence-electron chi connectivity index (χ3n) is 2.13. The number of nitrogens with zero attached hydrogens (tertiary/aromatic N) is 2. The van der Waals surface area contributed by atoms with Crippen molar-refractivity contribution in [1.82, 2.24) is 4.90 Å². The summed E-state index contributed by atoms with van der Waals surface area (Å²) in [5.41, 5.74) is 0. The van der Waals surface area contributed by atoms with Crippen LogP contribution in [0.2, 0.25) is 0 Å². The summed E-state index contributed by atoms with van der Waals surface area (Å²) in [4.78, 5) is 12.7. The van der Waals surface area contributed by atoms with Gasteiger partial charge in [0.2, 0.25) is 5.91 Å². The van der Waals surface area contributed by atoms with E-state index in [9.17, 15) is 4.79 Å². The van der Waals surface area contributed by atoms with Crippen molar-refractivity contribution in [2.45, 2.75) is 19.8 Å². The predicted molar refractivity (Wildman–Crippen MR) is 40.6 cm³/mol. The van der Waals surface area contributed by atoms with Crippen LogP contribution in [0, 0.1) is 17.2 Å².